The molecule has 0 aliphatic heterocycles. The predicted octanol–water partition coefficient (Wildman–Crippen LogP) is 5.60. The standard InChI is InChI=1S/C21H24FN/c1-16(2)15-21(19-11-13-20(22)14-12-19)23-17(3)9-10-18-7-5-4-6-8-18/h4-8,11-15,17H,9-10H2,1-3H3/b23-21+. The Morgan fingerprint density at radius 2 is 1.70 bits per heavy atom. The number of halogens is 1. The van der Waals surface area contributed by atoms with E-state index >= 15 is 0 Å². The smallest absolute Gasteiger partial charge is 0.123 e. The van der Waals surface area contributed by atoms with Crippen LogP contribution in [0.25, 0.3) is 0 Å². The number of benzene rings is 2. The molecule has 0 fully saturated rings. The van der Waals surface area contributed by atoms with Gasteiger partial charge in [-0.25, -0.2) is 4.39 Å². The molecule has 0 N–H and O–H groups in total. The van der Waals surface area contributed by atoms with Crippen molar-refractivity contribution in [3.05, 3.63) is 83.2 Å². The number of aryl methyl sites for hydroxylation is 1. The fourth-order valence-electron chi connectivity index (χ4n) is 2.41. The van der Waals surface area contributed by atoms with Gasteiger partial charge in [-0.15, -0.1) is 0 Å². The molecule has 0 bridgehead atoms. The Bertz CT molecular complexity index is 665. The van der Waals surface area contributed by atoms with Crippen LogP contribution in [0, 0.1) is 5.82 Å². The number of rotatable bonds is 6. The molecule has 1 unspecified atom stereocenters. The lowest BCUT2D eigenvalue weighted by Crippen LogP contribution is -2.07. The third kappa shape index (κ3) is 5.82. The molecule has 0 aliphatic carbocycles. The monoisotopic (exact) mass is 309 g/mol. The number of allylic oxidation sites excluding steroid dienone is 2. The van der Waals surface area contributed by atoms with Crippen LogP contribution >= 0.6 is 0 Å². The van der Waals surface area contributed by atoms with Crippen LogP contribution < -0.4 is 0 Å². The lowest BCUT2D eigenvalue weighted by molar-refractivity contribution is 0.627. The van der Waals surface area contributed by atoms with Crippen LogP contribution in [0.4, 0.5) is 4.39 Å². The lowest BCUT2D eigenvalue weighted by atomic mass is 10.0. The maximum absolute atomic E-state index is 13.1. The van der Waals surface area contributed by atoms with Crippen LogP contribution in [0.3, 0.4) is 0 Å². The molecule has 1 nitrogen and oxygen atoms in total. The second kappa shape index (κ2) is 8.42. The predicted molar refractivity (Wildman–Crippen MR) is 96.6 cm³/mol. The van der Waals surface area contributed by atoms with Gasteiger partial charge < -0.3 is 0 Å². The van der Waals surface area contributed by atoms with E-state index in [4.69, 9.17) is 4.99 Å². The zero-order valence-corrected chi connectivity index (χ0v) is 14.1. The fourth-order valence-corrected chi connectivity index (χ4v) is 2.41. The number of hydrogen-bond acceptors (Lipinski definition) is 1. The van der Waals surface area contributed by atoms with E-state index in [9.17, 15) is 4.39 Å². The summed E-state index contributed by atoms with van der Waals surface area (Å²) in [7, 11) is 0. The molecule has 0 aliphatic rings. The highest BCUT2D eigenvalue weighted by Crippen LogP contribution is 2.12. The van der Waals surface area contributed by atoms with Gasteiger partial charge in [0.2, 0.25) is 0 Å². The Hall–Kier alpha value is -2.22. The third-order valence-electron chi connectivity index (χ3n) is 3.62. The Labute approximate surface area is 138 Å². The Balaban J connectivity index is 2.12. The van der Waals surface area contributed by atoms with Gasteiger partial charge in [0, 0.05) is 6.04 Å². The van der Waals surface area contributed by atoms with Gasteiger partial charge in [0.25, 0.3) is 0 Å². The first-order chi connectivity index (χ1) is 11.0. The molecule has 0 aromatic heterocycles. The topological polar surface area (TPSA) is 12.4 Å². The summed E-state index contributed by atoms with van der Waals surface area (Å²) in [6, 6.07) is 17.2. The van der Waals surface area contributed by atoms with Gasteiger partial charge in [0.15, 0.2) is 0 Å². The van der Waals surface area contributed by atoms with E-state index in [1.54, 1.807) is 12.1 Å². The Kier molecular flexibility index (Phi) is 6.28. The molecule has 2 rings (SSSR count). The average Bonchev–Trinajstić information content (AvgIpc) is 2.53. The van der Waals surface area contributed by atoms with E-state index < -0.39 is 0 Å². The van der Waals surface area contributed by atoms with Gasteiger partial charge in [-0.05, 0) is 75.1 Å². The maximum atomic E-state index is 13.1. The average molecular weight is 309 g/mol. The van der Waals surface area contributed by atoms with E-state index in [1.807, 2.05) is 19.9 Å². The molecule has 2 aromatic rings. The maximum Gasteiger partial charge on any atom is 0.123 e. The van der Waals surface area contributed by atoms with E-state index in [0.717, 1.165) is 24.1 Å². The number of hydrogen-bond donors (Lipinski definition) is 0. The first-order valence-corrected chi connectivity index (χ1v) is 8.07. The molecular formula is C21H24FN. The Morgan fingerprint density at radius 3 is 2.30 bits per heavy atom. The normalized spacial score (nSPS) is 12.8. The van der Waals surface area contributed by atoms with Crippen molar-refractivity contribution >= 4 is 5.71 Å². The molecule has 0 spiro atoms. The second-order valence-corrected chi connectivity index (χ2v) is 6.12. The Morgan fingerprint density at radius 1 is 1.04 bits per heavy atom. The van der Waals surface area contributed by atoms with Crippen molar-refractivity contribution in [3.8, 4) is 0 Å². The minimum absolute atomic E-state index is 0.214. The summed E-state index contributed by atoms with van der Waals surface area (Å²) >= 11 is 0. The van der Waals surface area contributed by atoms with Crippen molar-refractivity contribution in [2.75, 3.05) is 0 Å². The molecule has 1 atom stereocenters. The first kappa shape index (κ1) is 17.1. The van der Waals surface area contributed by atoms with Crippen LogP contribution in [-0.2, 0) is 6.42 Å². The third-order valence-corrected chi connectivity index (χ3v) is 3.62. The summed E-state index contributed by atoms with van der Waals surface area (Å²) in [5, 5.41) is 0. The fraction of sp³-hybridized carbons (Fsp3) is 0.286. The van der Waals surface area contributed by atoms with Crippen molar-refractivity contribution in [2.24, 2.45) is 4.99 Å². The van der Waals surface area contributed by atoms with Gasteiger partial charge in [0.1, 0.15) is 5.82 Å². The van der Waals surface area contributed by atoms with E-state index in [-0.39, 0.29) is 11.9 Å². The van der Waals surface area contributed by atoms with E-state index in [2.05, 4.69) is 37.3 Å². The molecule has 120 valence electrons. The lowest BCUT2D eigenvalue weighted by Gasteiger charge is -2.10. The van der Waals surface area contributed by atoms with Gasteiger partial charge in [-0.3, -0.25) is 4.99 Å². The van der Waals surface area contributed by atoms with Gasteiger partial charge in [-0.1, -0.05) is 35.9 Å². The summed E-state index contributed by atoms with van der Waals surface area (Å²) < 4.78 is 13.1. The van der Waals surface area contributed by atoms with Crippen molar-refractivity contribution in [3.63, 3.8) is 0 Å². The number of aliphatic imine (C=N–C) groups is 1. The summed E-state index contributed by atoms with van der Waals surface area (Å²) in [5.74, 6) is -0.220. The summed E-state index contributed by atoms with van der Waals surface area (Å²) in [5.41, 5.74) is 4.40. The van der Waals surface area contributed by atoms with Crippen LogP contribution in [-0.4, -0.2) is 11.8 Å². The van der Waals surface area contributed by atoms with Gasteiger partial charge in [-0.2, -0.15) is 0 Å². The highest BCUT2D eigenvalue weighted by atomic mass is 19.1. The quantitative estimate of drug-likeness (QED) is 0.616. The summed E-state index contributed by atoms with van der Waals surface area (Å²) in [6.45, 7) is 6.23. The van der Waals surface area contributed by atoms with Gasteiger partial charge >= 0.3 is 0 Å². The second-order valence-electron chi connectivity index (χ2n) is 6.12. The van der Waals surface area contributed by atoms with Crippen LogP contribution in [0.1, 0.15) is 38.3 Å². The van der Waals surface area contributed by atoms with Crippen molar-refractivity contribution in [1.29, 1.82) is 0 Å². The first-order valence-electron chi connectivity index (χ1n) is 8.07. The molecule has 2 heteroatoms. The number of nitrogens with zero attached hydrogens (tertiary/aromatic N) is 1. The van der Waals surface area contributed by atoms with Crippen molar-refractivity contribution < 1.29 is 4.39 Å². The molecule has 0 saturated carbocycles. The van der Waals surface area contributed by atoms with Crippen LogP contribution in [0.5, 0.6) is 0 Å². The summed E-state index contributed by atoms with van der Waals surface area (Å²) in [4.78, 5) is 4.85. The highest BCUT2D eigenvalue weighted by molar-refractivity contribution is 6.09. The molecule has 0 saturated heterocycles. The van der Waals surface area contributed by atoms with Crippen LogP contribution in [0.15, 0.2) is 71.2 Å². The molecular weight excluding hydrogens is 285 g/mol. The molecule has 0 heterocycles. The zero-order valence-electron chi connectivity index (χ0n) is 14.1. The minimum Gasteiger partial charge on any atom is -0.282 e. The van der Waals surface area contributed by atoms with Gasteiger partial charge in [0.05, 0.1) is 5.71 Å². The minimum atomic E-state index is -0.220. The van der Waals surface area contributed by atoms with Crippen molar-refractivity contribution in [1.82, 2.24) is 0 Å². The summed E-state index contributed by atoms with van der Waals surface area (Å²) in [6.07, 6.45) is 4.06. The highest BCUT2D eigenvalue weighted by Gasteiger charge is 2.06. The van der Waals surface area contributed by atoms with E-state index in [0.29, 0.717) is 0 Å². The molecule has 2 aromatic carbocycles. The SMILES string of the molecule is CC(C)=C/C(=N\C(C)CCc1ccccc1)c1ccc(F)cc1. The van der Waals surface area contributed by atoms with E-state index in [1.165, 1.54) is 23.3 Å². The largest absolute Gasteiger partial charge is 0.282 e. The molecule has 23 heavy (non-hydrogen) atoms. The van der Waals surface area contributed by atoms with Crippen molar-refractivity contribution in [2.45, 2.75) is 39.7 Å². The molecule has 0 radical (unpaired) electrons. The molecule has 0 amide bonds. The van der Waals surface area contributed by atoms with Crippen LogP contribution in [0.2, 0.25) is 0 Å². The zero-order chi connectivity index (χ0) is 16.7.